The van der Waals surface area contributed by atoms with Gasteiger partial charge in [0.25, 0.3) is 5.91 Å². The van der Waals surface area contributed by atoms with Crippen LogP contribution in [0.1, 0.15) is 39.3 Å². The second kappa shape index (κ2) is 9.01. The Labute approximate surface area is 180 Å². The lowest BCUT2D eigenvalue weighted by atomic mass is 9.86. The minimum atomic E-state index is -0.100. The van der Waals surface area contributed by atoms with E-state index in [1.54, 1.807) is 6.20 Å². The zero-order chi connectivity index (χ0) is 20.9. The van der Waals surface area contributed by atoms with Crippen molar-refractivity contribution in [1.29, 1.82) is 0 Å². The van der Waals surface area contributed by atoms with Crippen molar-refractivity contribution in [2.24, 2.45) is 0 Å². The molecular weight excluding hydrogens is 390 g/mol. The lowest BCUT2D eigenvalue weighted by molar-refractivity contribution is 0.0940. The molecule has 0 fully saturated rings. The highest BCUT2D eigenvalue weighted by molar-refractivity contribution is 7.17. The molecule has 0 aliphatic carbocycles. The molecule has 0 spiro atoms. The van der Waals surface area contributed by atoms with Crippen LogP contribution in [0.5, 0.6) is 0 Å². The number of hydrogen-bond acceptors (Lipinski definition) is 4. The minimum absolute atomic E-state index is 0.0554. The zero-order valence-electron chi connectivity index (χ0n) is 16.9. The number of rotatable bonds is 6. The van der Waals surface area contributed by atoms with Crippen molar-refractivity contribution in [3.8, 4) is 10.7 Å². The molecule has 0 saturated carbocycles. The lowest BCUT2D eigenvalue weighted by Gasteiger charge is -2.26. The highest BCUT2D eigenvalue weighted by Crippen LogP contribution is 2.30. The first kappa shape index (κ1) is 20.0. The highest BCUT2D eigenvalue weighted by atomic mass is 32.1. The topological polar surface area (TPSA) is 54.9 Å². The van der Waals surface area contributed by atoms with E-state index in [4.69, 9.17) is 0 Å². The molecule has 5 heteroatoms. The standard InChI is InChI=1S/C25H23N3OS/c1-17(22(19-11-5-3-6-12-19)20-13-7-4-8-14-20)27-24(29)23-18(2)28-25(30-23)21-15-9-10-16-26-21/h3-17,22H,1-2H3,(H,27,29)/t17-/m1/s1. The summed E-state index contributed by atoms with van der Waals surface area (Å²) in [4.78, 5) is 22.7. The number of nitrogens with zero attached hydrogens (tertiary/aromatic N) is 2. The monoisotopic (exact) mass is 413 g/mol. The predicted octanol–water partition coefficient (Wildman–Crippen LogP) is 5.46. The van der Waals surface area contributed by atoms with E-state index in [1.807, 2.05) is 61.5 Å². The molecule has 4 rings (SSSR count). The summed E-state index contributed by atoms with van der Waals surface area (Å²) in [5.41, 5.74) is 3.85. The van der Waals surface area contributed by atoms with Crippen LogP contribution in [0.2, 0.25) is 0 Å². The van der Waals surface area contributed by atoms with Gasteiger partial charge in [-0.05, 0) is 37.1 Å². The van der Waals surface area contributed by atoms with Crippen LogP contribution in [0.15, 0.2) is 85.1 Å². The second-order valence-electron chi connectivity index (χ2n) is 7.21. The largest absolute Gasteiger partial charge is 0.348 e. The number of aromatic nitrogens is 2. The summed E-state index contributed by atoms with van der Waals surface area (Å²) < 4.78 is 0. The Morgan fingerprint density at radius 2 is 1.50 bits per heavy atom. The van der Waals surface area contributed by atoms with E-state index in [0.717, 1.165) is 16.4 Å². The van der Waals surface area contributed by atoms with Gasteiger partial charge in [0, 0.05) is 18.2 Å². The van der Waals surface area contributed by atoms with Crippen molar-refractivity contribution in [3.05, 3.63) is 107 Å². The highest BCUT2D eigenvalue weighted by Gasteiger charge is 2.25. The third kappa shape index (κ3) is 4.31. The summed E-state index contributed by atoms with van der Waals surface area (Å²) in [5, 5.41) is 3.97. The maximum Gasteiger partial charge on any atom is 0.263 e. The van der Waals surface area contributed by atoms with E-state index < -0.39 is 0 Å². The van der Waals surface area contributed by atoms with E-state index in [1.165, 1.54) is 22.5 Å². The van der Waals surface area contributed by atoms with Crippen molar-refractivity contribution in [2.75, 3.05) is 0 Å². The maximum atomic E-state index is 13.1. The number of carbonyl (C=O) groups excluding carboxylic acids is 1. The van der Waals surface area contributed by atoms with Crippen molar-refractivity contribution in [1.82, 2.24) is 15.3 Å². The van der Waals surface area contributed by atoms with Crippen LogP contribution >= 0.6 is 11.3 Å². The van der Waals surface area contributed by atoms with Gasteiger partial charge in [0.15, 0.2) is 0 Å². The summed E-state index contributed by atoms with van der Waals surface area (Å²) >= 11 is 1.38. The fourth-order valence-corrected chi connectivity index (χ4v) is 4.60. The van der Waals surface area contributed by atoms with Gasteiger partial charge >= 0.3 is 0 Å². The van der Waals surface area contributed by atoms with Crippen LogP contribution in [0, 0.1) is 6.92 Å². The number of pyridine rings is 1. The summed E-state index contributed by atoms with van der Waals surface area (Å²) in [5.74, 6) is -0.0450. The number of carbonyl (C=O) groups is 1. The lowest BCUT2D eigenvalue weighted by Crippen LogP contribution is -2.37. The van der Waals surface area contributed by atoms with Gasteiger partial charge in [-0.1, -0.05) is 66.7 Å². The molecule has 30 heavy (non-hydrogen) atoms. The summed E-state index contributed by atoms with van der Waals surface area (Å²) in [6.45, 7) is 3.92. The number of amides is 1. The SMILES string of the molecule is Cc1nc(-c2ccccn2)sc1C(=O)N[C@H](C)C(c1ccccc1)c1ccccc1. The van der Waals surface area contributed by atoms with Gasteiger partial charge in [-0.3, -0.25) is 9.78 Å². The smallest absolute Gasteiger partial charge is 0.263 e. The molecule has 2 aromatic heterocycles. The van der Waals surface area contributed by atoms with Crippen LogP contribution in [-0.4, -0.2) is 21.9 Å². The first-order valence-corrected chi connectivity index (χ1v) is 10.7. The maximum absolute atomic E-state index is 13.1. The normalized spacial score (nSPS) is 12.0. The van der Waals surface area contributed by atoms with Crippen LogP contribution in [0.25, 0.3) is 10.7 Å². The van der Waals surface area contributed by atoms with E-state index in [-0.39, 0.29) is 17.9 Å². The summed E-state index contributed by atoms with van der Waals surface area (Å²) in [6, 6.07) is 26.2. The number of nitrogens with one attached hydrogen (secondary N) is 1. The predicted molar refractivity (Wildman–Crippen MR) is 122 cm³/mol. The molecule has 2 heterocycles. The van der Waals surface area contributed by atoms with Crippen LogP contribution in [-0.2, 0) is 0 Å². The van der Waals surface area contributed by atoms with Crippen LogP contribution in [0.4, 0.5) is 0 Å². The Kier molecular flexibility index (Phi) is 6.00. The quantitative estimate of drug-likeness (QED) is 0.456. The molecule has 4 aromatic rings. The Morgan fingerprint density at radius 3 is 2.07 bits per heavy atom. The van der Waals surface area contributed by atoms with Gasteiger partial charge < -0.3 is 5.32 Å². The second-order valence-corrected chi connectivity index (χ2v) is 8.21. The molecule has 4 nitrogen and oxygen atoms in total. The molecule has 2 aromatic carbocycles. The molecular formula is C25H23N3OS. The van der Waals surface area contributed by atoms with Crippen molar-refractivity contribution >= 4 is 17.2 Å². The van der Waals surface area contributed by atoms with Gasteiger partial charge in [-0.25, -0.2) is 4.98 Å². The average molecular weight is 414 g/mol. The average Bonchev–Trinajstić information content (AvgIpc) is 3.18. The van der Waals surface area contributed by atoms with Gasteiger partial charge in [0.1, 0.15) is 9.88 Å². The molecule has 1 amide bonds. The zero-order valence-corrected chi connectivity index (χ0v) is 17.8. The number of benzene rings is 2. The van der Waals surface area contributed by atoms with E-state index >= 15 is 0 Å². The first-order chi connectivity index (χ1) is 14.6. The number of hydrogen-bond donors (Lipinski definition) is 1. The first-order valence-electron chi connectivity index (χ1n) is 9.93. The van der Waals surface area contributed by atoms with Gasteiger partial charge in [0.05, 0.1) is 11.4 Å². The fourth-order valence-electron chi connectivity index (χ4n) is 3.65. The molecule has 0 aliphatic rings. The van der Waals surface area contributed by atoms with E-state index in [2.05, 4.69) is 46.5 Å². The molecule has 1 atom stereocenters. The van der Waals surface area contributed by atoms with Crippen LogP contribution < -0.4 is 5.32 Å². The third-order valence-electron chi connectivity index (χ3n) is 5.06. The molecule has 0 unspecified atom stereocenters. The van der Waals surface area contributed by atoms with Crippen molar-refractivity contribution in [2.45, 2.75) is 25.8 Å². The molecule has 150 valence electrons. The number of aryl methyl sites for hydroxylation is 1. The molecule has 0 bridgehead atoms. The van der Waals surface area contributed by atoms with Crippen molar-refractivity contribution in [3.63, 3.8) is 0 Å². The third-order valence-corrected chi connectivity index (χ3v) is 6.24. The molecule has 1 N–H and O–H groups in total. The van der Waals surface area contributed by atoms with Gasteiger partial charge in [0.2, 0.25) is 0 Å². The van der Waals surface area contributed by atoms with Crippen molar-refractivity contribution < 1.29 is 4.79 Å². The molecule has 0 saturated heterocycles. The van der Waals surface area contributed by atoms with Gasteiger partial charge in [-0.15, -0.1) is 11.3 Å². The summed E-state index contributed by atoms with van der Waals surface area (Å²) in [6.07, 6.45) is 1.73. The Hall–Kier alpha value is -3.31. The molecule has 0 radical (unpaired) electrons. The Morgan fingerprint density at radius 1 is 0.900 bits per heavy atom. The van der Waals surface area contributed by atoms with E-state index in [0.29, 0.717) is 4.88 Å². The summed E-state index contributed by atoms with van der Waals surface area (Å²) in [7, 11) is 0. The number of thiazole rings is 1. The fraction of sp³-hybridized carbons (Fsp3) is 0.160. The van der Waals surface area contributed by atoms with E-state index in [9.17, 15) is 4.79 Å². The minimum Gasteiger partial charge on any atom is -0.348 e. The molecule has 0 aliphatic heterocycles. The van der Waals surface area contributed by atoms with Crippen LogP contribution in [0.3, 0.4) is 0 Å². The Bertz CT molecular complexity index is 1070. The van der Waals surface area contributed by atoms with Gasteiger partial charge in [-0.2, -0.15) is 0 Å². The Balaban J connectivity index is 1.59.